The van der Waals surface area contributed by atoms with Gasteiger partial charge in [-0.3, -0.25) is 13.9 Å². The number of rotatable bonds is 10. The number of benzene rings is 3. The zero-order valence-corrected chi connectivity index (χ0v) is 25.5. The van der Waals surface area contributed by atoms with E-state index < -0.39 is 69.8 Å². The number of anilines is 1. The van der Waals surface area contributed by atoms with Gasteiger partial charge in [-0.15, -0.1) is 0 Å². The predicted molar refractivity (Wildman–Crippen MR) is 157 cm³/mol. The first kappa shape index (κ1) is 33.9. The number of hydrogen-bond donors (Lipinski definition) is 1. The average molecular weight is 642 g/mol. The molecule has 1 atom stereocenters. The van der Waals surface area contributed by atoms with Crippen molar-refractivity contribution in [3.63, 3.8) is 0 Å². The second-order valence-electron chi connectivity index (χ2n) is 11.0. The lowest BCUT2D eigenvalue weighted by Crippen LogP contribution is -2.56. The molecule has 13 heteroatoms. The van der Waals surface area contributed by atoms with Gasteiger partial charge in [-0.05, 0) is 50.6 Å². The molecule has 2 amide bonds. The van der Waals surface area contributed by atoms with E-state index in [1.54, 1.807) is 51.1 Å². The Balaban J connectivity index is 2.14. The minimum atomic E-state index is -4.82. The predicted octanol–water partition coefficient (Wildman–Crippen LogP) is 5.82. The average Bonchev–Trinajstić information content (AvgIpc) is 2.89. The van der Waals surface area contributed by atoms with E-state index in [1.165, 1.54) is 24.3 Å². The first-order valence-electron chi connectivity index (χ1n) is 13.1. The smallest absolute Gasteiger partial charge is 0.350 e. The largest absolute Gasteiger partial charge is 0.416 e. The van der Waals surface area contributed by atoms with Gasteiger partial charge < -0.3 is 10.2 Å². The van der Waals surface area contributed by atoms with Gasteiger partial charge in [0.2, 0.25) is 21.8 Å². The molecule has 0 bridgehead atoms. The van der Waals surface area contributed by atoms with Crippen LogP contribution in [0.15, 0.2) is 72.8 Å². The van der Waals surface area contributed by atoms with E-state index in [0.29, 0.717) is 28.3 Å². The molecule has 0 aliphatic heterocycles. The van der Waals surface area contributed by atoms with Gasteiger partial charge in [-0.1, -0.05) is 60.1 Å². The zero-order valence-electron chi connectivity index (χ0n) is 24.0. The maximum absolute atomic E-state index is 14.8. The van der Waals surface area contributed by atoms with Crippen LogP contribution in [0, 0.1) is 5.82 Å². The van der Waals surface area contributed by atoms with Crippen molar-refractivity contribution in [1.29, 1.82) is 0 Å². The molecule has 3 aromatic rings. The number of carbonyl (C=O) groups is 2. The highest BCUT2D eigenvalue weighted by atomic mass is 35.5. The Morgan fingerprint density at radius 1 is 0.953 bits per heavy atom. The molecule has 0 saturated carbocycles. The van der Waals surface area contributed by atoms with Gasteiger partial charge in [0.25, 0.3) is 0 Å². The standard InChI is InChI=1S/C30H32ClF4N3O4S/c1-29(2,3)36-28(40)26(16-20-10-6-5-7-11-20)37(18-21-12-8-9-13-24(21)32)27(39)19-38(43(4,41)42)25-17-22(30(33,34)35)14-15-23(25)31/h5-15,17,26H,16,18-19H2,1-4H3,(H,36,40)/t26-/m0/s1. The van der Waals surface area contributed by atoms with Crippen LogP contribution in [0.4, 0.5) is 23.2 Å². The molecular formula is C30H32ClF4N3O4S. The van der Waals surface area contributed by atoms with Crippen molar-refractivity contribution in [2.45, 2.75) is 51.5 Å². The highest BCUT2D eigenvalue weighted by Gasteiger charge is 2.36. The second-order valence-corrected chi connectivity index (χ2v) is 13.3. The molecule has 3 rings (SSSR count). The Morgan fingerprint density at radius 2 is 1.56 bits per heavy atom. The SMILES string of the molecule is CC(C)(C)NC(=O)[C@H](Cc1ccccc1)N(Cc1ccccc1F)C(=O)CN(c1cc(C(F)(F)F)ccc1Cl)S(C)(=O)=O. The van der Waals surface area contributed by atoms with Gasteiger partial charge >= 0.3 is 6.18 Å². The topological polar surface area (TPSA) is 86.8 Å². The highest BCUT2D eigenvalue weighted by molar-refractivity contribution is 7.92. The van der Waals surface area contributed by atoms with E-state index >= 15 is 0 Å². The molecule has 43 heavy (non-hydrogen) atoms. The van der Waals surface area contributed by atoms with Gasteiger partial charge in [0.1, 0.15) is 18.4 Å². The van der Waals surface area contributed by atoms with Crippen molar-refractivity contribution in [2.24, 2.45) is 0 Å². The summed E-state index contributed by atoms with van der Waals surface area (Å²) in [6.45, 7) is 3.74. The van der Waals surface area contributed by atoms with Crippen molar-refractivity contribution in [3.8, 4) is 0 Å². The van der Waals surface area contributed by atoms with Crippen LogP contribution >= 0.6 is 11.6 Å². The molecule has 0 aliphatic rings. The molecule has 0 unspecified atom stereocenters. The van der Waals surface area contributed by atoms with Crippen LogP contribution in [0.3, 0.4) is 0 Å². The Morgan fingerprint density at radius 3 is 2.12 bits per heavy atom. The molecule has 0 spiro atoms. The van der Waals surface area contributed by atoms with Gasteiger partial charge in [0.15, 0.2) is 0 Å². The summed E-state index contributed by atoms with van der Waals surface area (Å²) in [4.78, 5) is 28.7. The maximum atomic E-state index is 14.8. The number of amides is 2. The van der Waals surface area contributed by atoms with Gasteiger partial charge in [-0.25, -0.2) is 12.8 Å². The van der Waals surface area contributed by atoms with Crippen molar-refractivity contribution in [3.05, 3.63) is 100 Å². The van der Waals surface area contributed by atoms with E-state index in [0.717, 1.165) is 11.0 Å². The molecule has 0 fully saturated rings. The number of nitrogens with zero attached hydrogens (tertiary/aromatic N) is 2. The molecule has 0 aliphatic carbocycles. The monoisotopic (exact) mass is 641 g/mol. The van der Waals surface area contributed by atoms with E-state index in [-0.39, 0.29) is 17.0 Å². The van der Waals surface area contributed by atoms with Crippen LogP contribution in [-0.4, -0.2) is 49.5 Å². The van der Waals surface area contributed by atoms with Gasteiger partial charge in [0, 0.05) is 24.1 Å². The molecule has 0 heterocycles. The van der Waals surface area contributed by atoms with Crippen LogP contribution in [0.25, 0.3) is 0 Å². The van der Waals surface area contributed by atoms with Crippen LogP contribution < -0.4 is 9.62 Å². The minimum Gasteiger partial charge on any atom is -0.350 e. The second kappa shape index (κ2) is 13.3. The lowest BCUT2D eigenvalue weighted by Gasteiger charge is -2.35. The summed E-state index contributed by atoms with van der Waals surface area (Å²) in [5, 5.41) is 2.47. The summed E-state index contributed by atoms with van der Waals surface area (Å²) in [7, 11) is -4.39. The number of sulfonamides is 1. The Hall–Kier alpha value is -3.64. The van der Waals surface area contributed by atoms with Crippen molar-refractivity contribution in [1.82, 2.24) is 10.2 Å². The Labute approximate surface area is 253 Å². The molecule has 0 aromatic heterocycles. The number of nitrogens with one attached hydrogen (secondary N) is 1. The van der Waals surface area contributed by atoms with E-state index in [1.807, 2.05) is 0 Å². The highest BCUT2D eigenvalue weighted by Crippen LogP contribution is 2.36. The van der Waals surface area contributed by atoms with Crippen molar-refractivity contribution < 1.29 is 35.6 Å². The lowest BCUT2D eigenvalue weighted by atomic mass is 10.0. The normalized spacial score (nSPS) is 12.9. The number of carbonyl (C=O) groups excluding carboxylic acids is 2. The van der Waals surface area contributed by atoms with Gasteiger partial charge in [-0.2, -0.15) is 13.2 Å². The third-order valence-electron chi connectivity index (χ3n) is 6.29. The molecule has 232 valence electrons. The first-order chi connectivity index (χ1) is 19.9. The summed E-state index contributed by atoms with van der Waals surface area (Å²) < 4.78 is 81.5. The van der Waals surface area contributed by atoms with Crippen LogP contribution in [0.5, 0.6) is 0 Å². The fraction of sp³-hybridized carbons (Fsp3) is 0.333. The van der Waals surface area contributed by atoms with Crippen molar-refractivity contribution >= 4 is 39.1 Å². The van der Waals surface area contributed by atoms with Gasteiger partial charge in [0.05, 0.1) is 22.5 Å². The first-order valence-corrected chi connectivity index (χ1v) is 15.3. The number of halogens is 5. The molecular weight excluding hydrogens is 610 g/mol. The van der Waals surface area contributed by atoms with Crippen LogP contribution in [0.1, 0.15) is 37.5 Å². The van der Waals surface area contributed by atoms with Crippen molar-refractivity contribution in [2.75, 3.05) is 17.1 Å². The summed E-state index contributed by atoms with van der Waals surface area (Å²) in [5.74, 6) is -2.23. The van der Waals surface area contributed by atoms with E-state index in [4.69, 9.17) is 11.6 Å². The summed E-state index contributed by atoms with van der Waals surface area (Å²) >= 11 is 6.14. The van der Waals surface area contributed by atoms with E-state index in [9.17, 15) is 35.6 Å². The van der Waals surface area contributed by atoms with Crippen LogP contribution in [0.2, 0.25) is 5.02 Å². The third-order valence-corrected chi connectivity index (χ3v) is 7.74. The zero-order chi connectivity index (χ0) is 32.2. The number of hydrogen-bond acceptors (Lipinski definition) is 4. The lowest BCUT2D eigenvalue weighted by molar-refractivity contribution is -0.140. The fourth-order valence-corrected chi connectivity index (χ4v) is 5.41. The molecule has 3 aromatic carbocycles. The summed E-state index contributed by atoms with van der Waals surface area (Å²) in [5.41, 5.74) is -1.78. The molecule has 0 radical (unpaired) electrons. The summed E-state index contributed by atoms with van der Waals surface area (Å²) in [6, 6.07) is 15.1. The van der Waals surface area contributed by atoms with Crippen LogP contribution in [-0.2, 0) is 38.8 Å². The quantitative estimate of drug-likeness (QED) is 0.283. The third kappa shape index (κ3) is 9.42. The molecule has 7 nitrogen and oxygen atoms in total. The molecule has 1 N–H and O–H groups in total. The minimum absolute atomic E-state index is 0.0217. The van der Waals surface area contributed by atoms with E-state index in [2.05, 4.69) is 5.32 Å². The number of alkyl halides is 3. The maximum Gasteiger partial charge on any atom is 0.416 e. The summed E-state index contributed by atoms with van der Waals surface area (Å²) in [6.07, 6.45) is -4.13. The Kier molecular flexibility index (Phi) is 10.5. The molecule has 0 saturated heterocycles. The fourth-order valence-electron chi connectivity index (χ4n) is 4.29. The Bertz CT molecular complexity index is 1560.